The van der Waals surface area contributed by atoms with Crippen LogP contribution in [0, 0.1) is 0 Å². The van der Waals surface area contributed by atoms with Crippen LogP contribution < -0.4 is 5.73 Å². The van der Waals surface area contributed by atoms with Crippen LogP contribution in [-0.2, 0) is 11.3 Å². The molecule has 1 heterocycles. The summed E-state index contributed by atoms with van der Waals surface area (Å²) < 4.78 is 6.61. The Morgan fingerprint density at radius 3 is 2.94 bits per heavy atom. The van der Waals surface area contributed by atoms with Crippen LogP contribution in [0.25, 0.3) is 0 Å². The predicted molar refractivity (Wildman–Crippen MR) is 73.8 cm³/mol. The van der Waals surface area contributed by atoms with Crippen LogP contribution in [0.3, 0.4) is 0 Å². The van der Waals surface area contributed by atoms with Crippen molar-refractivity contribution in [2.75, 3.05) is 18.9 Å². The van der Waals surface area contributed by atoms with Gasteiger partial charge in [-0.15, -0.1) is 0 Å². The predicted octanol–water partition coefficient (Wildman–Crippen LogP) is 2.64. The summed E-state index contributed by atoms with van der Waals surface area (Å²) in [5.74, 6) is 0. The van der Waals surface area contributed by atoms with Crippen molar-refractivity contribution in [1.29, 1.82) is 0 Å². The fraction of sp³-hybridized carbons (Fsp3) is 0.538. The van der Waals surface area contributed by atoms with E-state index in [1.54, 1.807) is 0 Å². The van der Waals surface area contributed by atoms with Crippen molar-refractivity contribution < 1.29 is 4.74 Å². The lowest BCUT2D eigenvalue weighted by molar-refractivity contribution is -0.0526. The molecule has 3 nitrogen and oxygen atoms in total. The molecule has 2 N–H and O–H groups in total. The second-order valence-electron chi connectivity index (χ2n) is 4.78. The molecule has 2 unspecified atom stereocenters. The second-order valence-corrected chi connectivity index (χ2v) is 5.63. The van der Waals surface area contributed by atoms with Gasteiger partial charge in [-0.3, -0.25) is 4.90 Å². The zero-order valence-corrected chi connectivity index (χ0v) is 11.9. The van der Waals surface area contributed by atoms with Gasteiger partial charge in [0.15, 0.2) is 0 Å². The molecule has 4 heteroatoms. The first-order chi connectivity index (χ1) is 8.06. The molecule has 1 fully saturated rings. The first-order valence-corrected chi connectivity index (χ1v) is 6.75. The van der Waals surface area contributed by atoms with E-state index in [2.05, 4.69) is 46.8 Å². The maximum absolute atomic E-state index is 5.79. The number of hydrogen-bond donors (Lipinski definition) is 1. The van der Waals surface area contributed by atoms with E-state index in [0.29, 0.717) is 12.1 Å². The molecule has 2 rings (SSSR count). The first kappa shape index (κ1) is 12.9. The molecule has 0 radical (unpaired) electrons. The average molecular weight is 299 g/mol. The molecular formula is C13H19BrN2O. The molecular weight excluding hydrogens is 280 g/mol. The van der Waals surface area contributed by atoms with Crippen LogP contribution in [0.4, 0.5) is 5.69 Å². The van der Waals surface area contributed by atoms with Gasteiger partial charge in [0.2, 0.25) is 0 Å². The number of hydrogen-bond acceptors (Lipinski definition) is 3. The Labute approximate surface area is 111 Å². The number of anilines is 1. The summed E-state index contributed by atoms with van der Waals surface area (Å²) in [5.41, 5.74) is 7.86. The minimum Gasteiger partial charge on any atom is -0.398 e. The third kappa shape index (κ3) is 3.21. The quantitative estimate of drug-likeness (QED) is 0.853. The molecule has 17 heavy (non-hydrogen) atoms. The smallest absolute Gasteiger partial charge is 0.0674 e. The minimum absolute atomic E-state index is 0.323. The monoisotopic (exact) mass is 298 g/mol. The number of nitrogen functional groups attached to an aromatic ring is 1. The second kappa shape index (κ2) is 5.38. The third-order valence-electron chi connectivity index (χ3n) is 3.19. The van der Waals surface area contributed by atoms with Gasteiger partial charge in [-0.1, -0.05) is 6.07 Å². The Morgan fingerprint density at radius 2 is 2.24 bits per heavy atom. The number of benzene rings is 1. The fourth-order valence-electron chi connectivity index (χ4n) is 2.10. The lowest BCUT2D eigenvalue weighted by Crippen LogP contribution is -2.46. The molecule has 1 saturated heterocycles. The van der Waals surface area contributed by atoms with Crippen molar-refractivity contribution in [2.45, 2.75) is 32.5 Å². The molecule has 0 aromatic heterocycles. The molecule has 1 aromatic rings. The van der Waals surface area contributed by atoms with Gasteiger partial charge < -0.3 is 10.5 Å². The van der Waals surface area contributed by atoms with E-state index >= 15 is 0 Å². The summed E-state index contributed by atoms with van der Waals surface area (Å²) in [6, 6.07) is 6.62. The highest BCUT2D eigenvalue weighted by atomic mass is 79.9. The maximum atomic E-state index is 5.79. The number of halogens is 1. The standard InChI is InChI=1S/C13H19BrN2O/c1-9-8-17-10(2)6-16(9)7-11-3-4-13(15)12(14)5-11/h3-5,9-10H,6-8,15H2,1-2H3. The Bertz CT molecular complexity index is 397. The SMILES string of the molecule is CC1CN(Cc2ccc(N)c(Br)c2)C(C)CO1. The molecule has 1 aliphatic heterocycles. The molecule has 2 atom stereocenters. The highest BCUT2D eigenvalue weighted by molar-refractivity contribution is 9.10. The highest BCUT2D eigenvalue weighted by Crippen LogP contribution is 2.22. The number of nitrogens with two attached hydrogens (primary N) is 1. The van der Waals surface area contributed by atoms with E-state index in [-0.39, 0.29) is 0 Å². The number of rotatable bonds is 2. The van der Waals surface area contributed by atoms with Crippen molar-refractivity contribution in [1.82, 2.24) is 4.90 Å². The van der Waals surface area contributed by atoms with Crippen LogP contribution in [0.5, 0.6) is 0 Å². The van der Waals surface area contributed by atoms with E-state index < -0.39 is 0 Å². The zero-order chi connectivity index (χ0) is 12.4. The van der Waals surface area contributed by atoms with Gasteiger partial charge in [0.25, 0.3) is 0 Å². The van der Waals surface area contributed by atoms with Gasteiger partial charge in [0.1, 0.15) is 0 Å². The summed E-state index contributed by atoms with van der Waals surface area (Å²) in [5, 5.41) is 0. The Kier molecular flexibility index (Phi) is 4.07. The molecule has 94 valence electrons. The lowest BCUT2D eigenvalue weighted by Gasteiger charge is -2.36. The third-order valence-corrected chi connectivity index (χ3v) is 3.87. The van der Waals surface area contributed by atoms with Crippen LogP contribution in [0.2, 0.25) is 0 Å². The molecule has 0 bridgehead atoms. The summed E-state index contributed by atoms with van der Waals surface area (Å²) in [6.45, 7) is 7.09. The van der Waals surface area contributed by atoms with Gasteiger partial charge in [-0.25, -0.2) is 0 Å². The molecule has 1 aromatic carbocycles. The first-order valence-electron chi connectivity index (χ1n) is 5.96. The molecule has 0 amide bonds. The van der Waals surface area contributed by atoms with Crippen LogP contribution in [0.15, 0.2) is 22.7 Å². The van der Waals surface area contributed by atoms with Crippen molar-refractivity contribution in [2.24, 2.45) is 0 Å². The molecule has 0 aliphatic carbocycles. The summed E-state index contributed by atoms with van der Waals surface area (Å²) in [7, 11) is 0. The van der Waals surface area contributed by atoms with Crippen molar-refractivity contribution in [3.8, 4) is 0 Å². The lowest BCUT2D eigenvalue weighted by atomic mass is 10.1. The summed E-state index contributed by atoms with van der Waals surface area (Å²) in [6.07, 6.45) is 0.323. The average Bonchev–Trinajstić information content (AvgIpc) is 2.29. The molecule has 1 aliphatic rings. The Hall–Kier alpha value is -0.580. The van der Waals surface area contributed by atoms with Gasteiger partial charge in [-0.2, -0.15) is 0 Å². The van der Waals surface area contributed by atoms with Crippen molar-refractivity contribution in [3.63, 3.8) is 0 Å². The van der Waals surface area contributed by atoms with E-state index in [0.717, 1.165) is 29.9 Å². The van der Waals surface area contributed by atoms with E-state index in [1.165, 1.54) is 5.56 Å². The number of ether oxygens (including phenoxy) is 1. The number of morpholine rings is 1. The zero-order valence-electron chi connectivity index (χ0n) is 10.3. The largest absolute Gasteiger partial charge is 0.398 e. The van der Waals surface area contributed by atoms with Gasteiger partial charge in [0, 0.05) is 29.3 Å². The fourth-order valence-corrected chi connectivity index (χ4v) is 2.52. The van der Waals surface area contributed by atoms with Gasteiger partial charge in [-0.05, 0) is 47.5 Å². The van der Waals surface area contributed by atoms with Crippen LogP contribution in [-0.4, -0.2) is 30.2 Å². The highest BCUT2D eigenvalue weighted by Gasteiger charge is 2.23. The van der Waals surface area contributed by atoms with Crippen LogP contribution >= 0.6 is 15.9 Å². The molecule has 0 spiro atoms. The summed E-state index contributed by atoms with van der Waals surface area (Å²) in [4.78, 5) is 2.45. The van der Waals surface area contributed by atoms with Gasteiger partial charge >= 0.3 is 0 Å². The van der Waals surface area contributed by atoms with Gasteiger partial charge in [0.05, 0.1) is 12.7 Å². The summed E-state index contributed by atoms with van der Waals surface area (Å²) >= 11 is 3.47. The normalized spacial score (nSPS) is 26.1. The Morgan fingerprint density at radius 1 is 1.47 bits per heavy atom. The maximum Gasteiger partial charge on any atom is 0.0674 e. The van der Waals surface area contributed by atoms with E-state index in [4.69, 9.17) is 10.5 Å². The van der Waals surface area contributed by atoms with Crippen LogP contribution in [0.1, 0.15) is 19.4 Å². The van der Waals surface area contributed by atoms with Crippen molar-refractivity contribution >= 4 is 21.6 Å². The van der Waals surface area contributed by atoms with E-state index in [9.17, 15) is 0 Å². The minimum atomic E-state index is 0.323. The number of nitrogens with zero attached hydrogens (tertiary/aromatic N) is 1. The topological polar surface area (TPSA) is 38.5 Å². The van der Waals surface area contributed by atoms with Crippen molar-refractivity contribution in [3.05, 3.63) is 28.2 Å². The van der Waals surface area contributed by atoms with E-state index in [1.807, 2.05) is 6.07 Å². The Balaban J connectivity index is 2.06. The molecule has 0 saturated carbocycles.